The van der Waals surface area contributed by atoms with Gasteiger partial charge in [-0.25, -0.2) is 4.79 Å². The number of para-hydroxylation sites is 2. The Morgan fingerprint density at radius 2 is 1.79 bits per heavy atom. The predicted molar refractivity (Wildman–Crippen MR) is 146 cm³/mol. The smallest absolute Gasteiger partial charge is 0.328 e. The number of nitrogen functional groups attached to an aromatic ring is 2. The second-order valence-corrected chi connectivity index (χ2v) is 8.85. The Bertz CT molecular complexity index is 1500. The van der Waals surface area contributed by atoms with Crippen LogP contribution < -0.4 is 22.1 Å². The summed E-state index contributed by atoms with van der Waals surface area (Å²) in [6.07, 6.45) is 3.10. The van der Waals surface area contributed by atoms with Crippen molar-refractivity contribution in [2.75, 3.05) is 23.9 Å². The minimum atomic E-state index is -1.03. The van der Waals surface area contributed by atoms with Gasteiger partial charge in [-0.2, -0.15) is 9.97 Å². The average Bonchev–Trinajstić information content (AvgIpc) is 3.33. The van der Waals surface area contributed by atoms with Gasteiger partial charge in [-0.15, -0.1) is 0 Å². The summed E-state index contributed by atoms with van der Waals surface area (Å²) in [6, 6.07) is 12.3. The largest absolute Gasteiger partial charge is 0.506 e. The van der Waals surface area contributed by atoms with E-state index >= 15 is 0 Å². The second kappa shape index (κ2) is 11.9. The second-order valence-electron chi connectivity index (χ2n) is 8.85. The summed E-state index contributed by atoms with van der Waals surface area (Å²) >= 11 is 0. The van der Waals surface area contributed by atoms with Crippen molar-refractivity contribution >= 4 is 46.3 Å². The molecule has 2 heterocycles. The van der Waals surface area contributed by atoms with E-state index in [1.165, 1.54) is 13.2 Å². The molecule has 8 N–H and O–H groups in total. The Balaban J connectivity index is 1.34. The van der Waals surface area contributed by atoms with Gasteiger partial charge >= 0.3 is 5.97 Å². The number of nitrogens with zero attached hydrogens (tertiary/aromatic N) is 2. The zero-order valence-electron chi connectivity index (χ0n) is 21.2. The van der Waals surface area contributed by atoms with Gasteiger partial charge in [0, 0.05) is 18.2 Å². The van der Waals surface area contributed by atoms with E-state index in [-0.39, 0.29) is 30.2 Å². The molecule has 202 valence electrons. The van der Waals surface area contributed by atoms with Crippen LogP contribution in [-0.2, 0) is 27.2 Å². The Labute approximate surface area is 223 Å². The molecule has 0 fully saturated rings. The molecular weight excluding hydrogens is 502 g/mol. The first-order valence-corrected chi connectivity index (χ1v) is 12.2. The molecule has 4 rings (SSSR count). The van der Waals surface area contributed by atoms with Crippen LogP contribution in [0.3, 0.4) is 0 Å². The summed E-state index contributed by atoms with van der Waals surface area (Å²) in [4.78, 5) is 48.6. The van der Waals surface area contributed by atoms with Gasteiger partial charge in [0.25, 0.3) is 5.91 Å². The number of amides is 2. The number of nitrogens with one attached hydrogen (secondary N) is 3. The van der Waals surface area contributed by atoms with Crippen LogP contribution >= 0.6 is 0 Å². The van der Waals surface area contributed by atoms with Gasteiger partial charge in [-0.3, -0.25) is 9.59 Å². The molecule has 0 unspecified atom stereocenters. The van der Waals surface area contributed by atoms with Crippen molar-refractivity contribution < 1.29 is 24.2 Å². The summed E-state index contributed by atoms with van der Waals surface area (Å²) in [5, 5.41) is 15.8. The lowest BCUT2D eigenvalue weighted by atomic mass is 10.0. The van der Waals surface area contributed by atoms with Crippen molar-refractivity contribution in [2.45, 2.75) is 31.7 Å². The molecule has 39 heavy (non-hydrogen) atoms. The first kappa shape index (κ1) is 26.9. The lowest BCUT2D eigenvalue weighted by molar-refractivity contribution is -0.143. The number of ether oxygens (including phenoxy) is 1. The molecule has 12 heteroatoms. The van der Waals surface area contributed by atoms with Crippen LogP contribution in [0.15, 0.2) is 54.7 Å². The van der Waals surface area contributed by atoms with Crippen LogP contribution in [0.4, 0.5) is 17.5 Å². The molecule has 0 bridgehead atoms. The van der Waals surface area contributed by atoms with E-state index in [1.807, 2.05) is 18.3 Å². The maximum absolute atomic E-state index is 12.8. The number of H-pyrrole nitrogens is 1. The van der Waals surface area contributed by atoms with Crippen LogP contribution in [0.5, 0.6) is 5.75 Å². The quantitative estimate of drug-likeness (QED) is 0.131. The van der Waals surface area contributed by atoms with Gasteiger partial charge in [-0.1, -0.05) is 24.3 Å². The van der Waals surface area contributed by atoms with Crippen molar-refractivity contribution in [1.82, 2.24) is 20.3 Å². The lowest BCUT2D eigenvalue weighted by Crippen LogP contribution is -2.42. The van der Waals surface area contributed by atoms with E-state index in [1.54, 1.807) is 30.3 Å². The van der Waals surface area contributed by atoms with Crippen molar-refractivity contribution in [3.63, 3.8) is 0 Å². The highest BCUT2D eigenvalue weighted by Crippen LogP contribution is 2.24. The molecule has 0 spiro atoms. The van der Waals surface area contributed by atoms with Crippen molar-refractivity contribution in [3.8, 4) is 5.75 Å². The molecule has 0 radical (unpaired) electrons. The van der Waals surface area contributed by atoms with Gasteiger partial charge in [0.15, 0.2) is 0 Å². The molecular formula is C27H29N7O5. The Hall–Kier alpha value is -5.13. The van der Waals surface area contributed by atoms with E-state index < -0.39 is 23.8 Å². The van der Waals surface area contributed by atoms with Crippen LogP contribution in [-0.4, -0.2) is 51.0 Å². The summed E-state index contributed by atoms with van der Waals surface area (Å²) in [7, 11) is 1.21. The van der Waals surface area contributed by atoms with Crippen LogP contribution in [0, 0.1) is 0 Å². The molecule has 2 amide bonds. The molecule has 0 aliphatic heterocycles. The number of phenolic OH excluding ortho intramolecular Hbond substituents is 1. The molecule has 0 aliphatic rings. The van der Waals surface area contributed by atoms with Crippen molar-refractivity contribution in [2.24, 2.45) is 0 Å². The summed E-state index contributed by atoms with van der Waals surface area (Å²) in [5.41, 5.74) is 14.8. The first-order chi connectivity index (χ1) is 18.7. The van der Waals surface area contributed by atoms with Crippen LogP contribution in [0.1, 0.15) is 34.3 Å². The SMILES string of the molecule is COC(=O)[C@H](CCC(=O)Nc1ccccc1O)NC(=O)c1ccc(CCc2c[nH]c3nc(N)nc(N)c23)cc1. The molecule has 12 nitrogen and oxygen atoms in total. The van der Waals surface area contributed by atoms with Gasteiger partial charge in [-0.05, 0) is 54.7 Å². The predicted octanol–water partition coefficient (Wildman–Crippen LogP) is 2.30. The van der Waals surface area contributed by atoms with Gasteiger partial charge in [0.05, 0.1) is 18.2 Å². The molecule has 2 aromatic heterocycles. The maximum atomic E-state index is 12.8. The minimum Gasteiger partial charge on any atom is -0.506 e. The number of fused-ring (bicyclic) bond motifs is 1. The third kappa shape index (κ3) is 6.60. The molecule has 0 aliphatic carbocycles. The average molecular weight is 532 g/mol. The molecule has 4 aromatic rings. The monoisotopic (exact) mass is 531 g/mol. The number of nitrogens with two attached hydrogens (primary N) is 2. The Morgan fingerprint density at radius 1 is 1.05 bits per heavy atom. The number of hydrogen-bond acceptors (Lipinski definition) is 9. The molecule has 2 aromatic carbocycles. The number of aromatic hydroxyl groups is 1. The Morgan fingerprint density at radius 3 is 2.51 bits per heavy atom. The normalized spacial score (nSPS) is 11.6. The fraction of sp³-hybridized carbons (Fsp3) is 0.222. The van der Waals surface area contributed by atoms with E-state index in [9.17, 15) is 19.5 Å². The van der Waals surface area contributed by atoms with Crippen LogP contribution in [0.2, 0.25) is 0 Å². The highest BCUT2D eigenvalue weighted by molar-refractivity contribution is 5.97. The molecule has 1 atom stereocenters. The summed E-state index contributed by atoms with van der Waals surface area (Å²) < 4.78 is 4.80. The number of carbonyl (C=O) groups excluding carboxylic acids is 3. The van der Waals surface area contributed by atoms with E-state index in [2.05, 4.69) is 25.6 Å². The fourth-order valence-corrected chi connectivity index (χ4v) is 4.14. The number of benzene rings is 2. The first-order valence-electron chi connectivity index (χ1n) is 12.2. The summed E-state index contributed by atoms with van der Waals surface area (Å²) in [5.74, 6) is -1.21. The highest BCUT2D eigenvalue weighted by atomic mass is 16.5. The zero-order valence-corrected chi connectivity index (χ0v) is 21.2. The lowest BCUT2D eigenvalue weighted by Gasteiger charge is -2.17. The number of aromatic nitrogens is 3. The topological polar surface area (TPSA) is 198 Å². The number of esters is 1. The number of carbonyl (C=O) groups is 3. The van der Waals surface area contributed by atoms with Crippen molar-refractivity contribution in [1.29, 1.82) is 0 Å². The molecule has 0 saturated carbocycles. The van der Waals surface area contributed by atoms with Crippen molar-refractivity contribution in [3.05, 3.63) is 71.4 Å². The Kier molecular flexibility index (Phi) is 8.24. The number of rotatable bonds is 10. The standard InChI is InChI=1S/C27H29N7O5/c1-39-26(38)19(12-13-21(36)31-18-4-2-3-5-20(18)35)32-25(37)16-9-6-15(7-10-16)8-11-17-14-30-24-22(17)23(28)33-27(29)34-24/h2-7,9-10,14,19,35H,8,11-13H2,1H3,(H,31,36)(H,32,37)(H5,28,29,30,33,34)/t19-/m0/s1. The third-order valence-electron chi connectivity index (χ3n) is 6.19. The van der Waals surface area contributed by atoms with E-state index in [0.717, 1.165) is 16.5 Å². The number of anilines is 3. The number of methoxy groups -OCH3 is 1. The third-order valence-corrected chi connectivity index (χ3v) is 6.19. The number of phenols is 1. The van der Waals surface area contributed by atoms with E-state index in [4.69, 9.17) is 16.2 Å². The molecule has 0 saturated heterocycles. The van der Waals surface area contributed by atoms with Gasteiger partial charge in [0.2, 0.25) is 11.9 Å². The number of hydrogen-bond donors (Lipinski definition) is 6. The maximum Gasteiger partial charge on any atom is 0.328 e. The van der Waals surface area contributed by atoms with Gasteiger partial charge in [0.1, 0.15) is 23.3 Å². The fourth-order valence-electron chi connectivity index (χ4n) is 4.14. The summed E-state index contributed by atoms with van der Waals surface area (Å²) in [6.45, 7) is 0. The van der Waals surface area contributed by atoms with E-state index in [0.29, 0.717) is 29.9 Å². The van der Waals surface area contributed by atoms with Crippen LogP contribution in [0.25, 0.3) is 11.0 Å². The minimum absolute atomic E-state index is 0.0129. The highest BCUT2D eigenvalue weighted by Gasteiger charge is 2.23. The van der Waals surface area contributed by atoms with Gasteiger partial charge < -0.3 is 36.9 Å². The zero-order chi connectivity index (χ0) is 27.9. The number of aromatic amines is 1. The number of aryl methyl sites for hydroxylation is 2.